The lowest BCUT2D eigenvalue weighted by Gasteiger charge is -2.25. The van der Waals surface area contributed by atoms with Gasteiger partial charge in [-0.25, -0.2) is 8.42 Å². The summed E-state index contributed by atoms with van der Waals surface area (Å²) in [4.78, 5) is 12.1. The van der Waals surface area contributed by atoms with Crippen molar-refractivity contribution >= 4 is 15.7 Å². The van der Waals surface area contributed by atoms with Gasteiger partial charge in [-0.15, -0.1) is 0 Å². The summed E-state index contributed by atoms with van der Waals surface area (Å²) in [5, 5.41) is 5.89. The minimum atomic E-state index is -2.98. The van der Waals surface area contributed by atoms with Gasteiger partial charge in [-0.1, -0.05) is 0 Å². The first-order chi connectivity index (χ1) is 8.52. The number of nitrogens with one attached hydrogen (secondary N) is 2. The summed E-state index contributed by atoms with van der Waals surface area (Å²) in [6, 6.07) is -0.223. The van der Waals surface area contributed by atoms with Crippen LogP contribution in [0.2, 0.25) is 0 Å². The maximum Gasteiger partial charge on any atom is 0.227 e. The van der Waals surface area contributed by atoms with Gasteiger partial charge in [0.2, 0.25) is 5.91 Å². The van der Waals surface area contributed by atoms with Crippen LogP contribution in [0.5, 0.6) is 0 Å². The molecule has 104 valence electrons. The number of sulfone groups is 1. The van der Waals surface area contributed by atoms with Gasteiger partial charge in [0.05, 0.1) is 30.6 Å². The SMILES string of the molecule is CNC1COCC1C(=O)NC1CCCS(=O)(=O)C1. The highest BCUT2D eigenvalue weighted by molar-refractivity contribution is 7.91. The molecule has 7 heteroatoms. The molecule has 2 aliphatic rings. The van der Waals surface area contributed by atoms with Crippen LogP contribution in [0.4, 0.5) is 0 Å². The number of likely N-dealkylation sites (N-methyl/N-ethyl adjacent to an activating group) is 1. The standard InChI is InChI=1S/C11H20N2O4S/c1-12-10-6-17-5-9(10)11(14)13-8-3-2-4-18(15,16)7-8/h8-10,12H,2-7H2,1H3,(H,13,14). The van der Waals surface area contributed by atoms with E-state index in [0.29, 0.717) is 19.6 Å². The van der Waals surface area contributed by atoms with Gasteiger partial charge >= 0.3 is 0 Å². The first kappa shape index (κ1) is 13.8. The van der Waals surface area contributed by atoms with Gasteiger partial charge in [0.15, 0.2) is 9.84 Å². The molecule has 1 amide bonds. The van der Waals surface area contributed by atoms with Crippen molar-refractivity contribution in [2.45, 2.75) is 24.9 Å². The highest BCUT2D eigenvalue weighted by Gasteiger charge is 2.35. The van der Waals surface area contributed by atoms with Gasteiger partial charge < -0.3 is 15.4 Å². The Balaban J connectivity index is 1.91. The molecule has 18 heavy (non-hydrogen) atoms. The van der Waals surface area contributed by atoms with Crippen molar-refractivity contribution in [1.29, 1.82) is 0 Å². The predicted octanol–water partition coefficient (Wildman–Crippen LogP) is -1.09. The Hall–Kier alpha value is -0.660. The zero-order valence-corrected chi connectivity index (χ0v) is 11.3. The van der Waals surface area contributed by atoms with Gasteiger partial charge in [0.25, 0.3) is 0 Å². The molecule has 0 aliphatic carbocycles. The van der Waals surface area contributed by atoms with Crippen molar-refractivity contribution in [2.24, 2.45) is 5.92 Å². The van der Waals surface area contributed by atoms with E-state index in [2.05, 4.69) is 10.6 Å². The Labute approximate surface area is 107 Å². The summed E-state index contributed by atoms with van der Waals surface area (Å²) < 4.78 is 28.3. The summed E-state index contributed by atoms with van der Waals surface area (Å²) in [5.41, 5.74) is 0. The van der Waals surface area contributed by atoms with Gasteiger partial charge in [-0.3, -0.25) is 4.79 Å². The Bertz CT molecular complexity index is 409. The third-order valence-corrected chi connectivity index (χ3v) is 5.42. The van der Waals surface area contributed by atoms with Crippen LogP contribution in [0.15, 0.2) is 0 Å². The molecule has 2 saturated heterocycles. The van der Waals surface area contributed by atoms with Crippen molar-refractivity contribution in [3.8, 4) is 0 Å². The summed E-state index contributed by atoms with van der Waals surface area (Å²) in [6.45, 7) is 0.925. The van der Waals surface area contributed by atoms with E-state index in [1.807, 2.05) is 0 Å². The highest BCUT2D eigenvalue weighted by Crippen LogP contribution is 2.16. The van der Waals surface area contributed by atoms with Gasteiger partial charge in [0.1, 0.15) is 0 Å². The molecule has 3 unspecified atom stereocenters. The second-order valence-electron chi connectivity index (χ2n) is 5.00. The van der Waals surface area contributed by atoms with Crippen molar-refractivity contribution in [1.82, 2.24) is 10.6 Å². The van der Waals surface area contributed by atoms with E-state index >= 15 is 0 Å². The van der Waals surface area contributed by atoms with Crippen molar-refractivity contribution in [3.05, 3.63) is 0 Å². The fraction of sp³-hybridized carbons (Fsp3) is 0.909. The second kappa shape index (κ2) is 5.54. The molecule has 2 aliphatic heterocycles. The zero-order chi connectivity index (χ0) is 13.2. The van der Waals surface area contributed by atoms with Gasteiger partial charge in [-0.05, 0) is 19.9 Å². The molecule has 0 aromatic carbocycles. The third kappa shape index (κ3) is 3.21. The van der Waals surface area contributed by atoms with Gasteiger partial charge in [0, 0.05) is 12.1 Å². The third-order valence-electron chi connectivity index (χ3n) is 3.60. The van der Waals surface area contributed by atoms with Crippen LogP contribution >= 0.6 is 0 Å². The fourth-order valence-corrected chi connectivity index (χ4v) is 4.18. The highest BCUT2D eigenvalue weighted by atomic mass is 32.2. The van der Waals surface area contributed by atoms with Crippen LogP contribution in [0.1, 0.15) is 12.8 Å². The van der Waals surface area contributed by atoms with E-state index in [1.54, 1.807) is 7.05 Å². The average Bonchev–Trinajstić information content (AvgIpc) is 2.75. The normalized spacial score (nSPS) is 35.3. The molecule has 6 nitrogen and oxygen atoms in total. The molecule has 0 aromatic rings. The molecule has 0 aromatic heterocycles. The van der Waals surface area contributed by atoms with Crippen LogP contribution in [0, 0.1) is 5.92 Å². The van der Waals surface area contributed by atoms with Crippen LogP contribution in [0.25, 0.3) is 0 Å². The molecule has 3 atom stereocenters. The maximum atomic E-state index is 12.1. The van der Waals surface area contributed by atoms with E-state index in [-0.39, 0.29) is 35.4 Å². The number of carbonyl (C=O) groups is 1. The summed E-state index contributed by atoms with van der Waals surface area (Å²) in [7, 11) is -1.19. The van der Waals surface area contributed by atoms with E-state index in [9.17, 15) is 13.2 Å². The molecule has 0 saturated carbocycles. The molecule has 0 radical (unpaired) electrons. The summed E-state index contributed by atoms with van der Waals surface area (Å²) in [5.74, 6) is -0.0183. The fourth-order valence-electron chi connectivity index (χ4n) is 2.54. The topological polar surface area (TPSA) is 84.5 Å². The summed E-state index contributed by atoms with van der Waals surface area (Å²) >= 11 is 0. The molecule has 2 N–H and O–H groups in total. The molecule has 0 spiro atoms. The van der Waals surface area contributed by atoms with Crippen LogP contribution in [-0.2, 0) is 19.4 Å². The molecular weight excluding hydrogens is 256 g/mol. The average molecular weight is 276 g/mol. The van der Waals surface area contributed by atoms with Crippen molar-refractivity contribution in [3.63, 3.8) is 0 Å². The molecule has 2 fully saturated rings. The molecule has 0 bridgehead atoms. The number of ether oxygens (including phenoxy) is 1. The minimum absolute atomic E-state index is 0.0187. The number of hydrogen-bond donors (Lipinski definition) is 2. The van der Waals surface area contributed by atoms with E-state index < -0.39 is 9.84 Å². The van der Waals surface area contributed by atoms with E-state index in [0.717, 1.165) is 6.42 Å². The van der Waals surface area contributed by atoms with Crippen LogP contribution in [-0.4, -0.2) is 58.2 Å². The summed E-state index contributed by atoms with van der Waals surface area (Å²) in [6.07, 6.45) is 1.37. The Morgan fingerprint density at radius 1 is 1.33 bits per heavy atom. The second-order valence-corrected chi connectivity index (χ2v) is 7.23. The first-order valence-corrected chi connectivity index (χ1v) is 8.10. The predicted molar refractivity (Wildman–Crippen MR) is 67.0 cm³/mol. The lowest BCUT2D eigenvalue weighted by Crippen LogP contribution is -2.49. The molecular formula is C11H20N2O4S. The van der Waals surface area contributed by atoms with Crippen LogP contribution < -0.4 is 10.6 Å². The maximum absolute atomic E-state index is 12.1. The Morgan fingerprint density at radius 2 is 2.11 bits per heavy atom. The molecule has 2 heterocycles. The van der Waals surface area contributed by atoms with Gasteiger partial charge in [-0.2, -0.15) is 0 Å². The first-order valence-electron chi connectivity index (χ1n) is 6.27. The molecule has 2 rings (SSSR count). The van der Waals surface area contributed by atoms with E-state index in [4.69, 9.17) is 4.74 Å². The quantitative estimate of drug-likeness (QED) is 0.684. The van der Waals surface area contributed by atoms with Crippen molar-refractivity contribution < 1.29 is 17.9 Å². The lowest BCUT2D eigenvalue weighted by atomic mass is 10.0. The minimum Gasteiger partial charge on any atom is -0.379 e. The smallest absolute Gasteiger partial charge is 0.227 e. The van der Waals surface area contributed by atoms with Crippen molar-refractivity contribution in [2.75, 3.05) is 31.8 Å². The Morgan fingerprint density at radius 3 is 2.78 bits per heavy atom. The van der Waals surface area contributed by atoms with Crippen LogP contribution in [0.3, 0.4) is 0 Å². The largest absolute Gasteiger partial charge is 0.379 e. The number of amides is 1. The Kier molecular flexibility index (Phi) is 4.24. The number of carbonyl (C=O) groups excluding carboxylic acids is 1. The lowest BCUT2D eigenvalue weighted by molar-refractivity contribution is -0.126. The monoisotopic (exact) mass is 276 g/mol. The van der Waals surface area contributed by atoms with E-state index in [1.165, 1.54) is 0 Å². The number of hydrogen-bond acceptors (Lipinski definition) is 5. The number of rotatable bonds is 3. The zero-order valence-electron chi connectivity index (χ0n) is 10.5.